The summed E-state index contributed by atoms with van der Waals surface area (Å²) in [7, 11) is 0. The van der Waals surface area contributed by atoms with Crippen molar-refractivity contribution in [3.63, 3.8) is 0 Å². The number of fused-ring (bicyclic) bond motifs is 1. The number of rotatable bonds is 0. The molecule has 0 aliphatic carbocycles. The highest BCUT2D eigenvalue weighted by atomic mass is 79.9. The molecule has 2 aromatic rings. The van der Waals surface area contributed by atoms with Gasteiger partial charge in [0.2, 0.25) is 5.78 Å². The first-order valence-corrected chi connectivity index (χ1v) is 5.28. The van der Waals surface area contributed by atoms with Crippen LogP contribution in [0.5, 0.6) is 0 Å². The van der Waals surface area contributed by atoms with E-state index in [1.54, 1.807) is 6.20 Å². The molecule has 2 heterocycles. The summed E-state index contributed by atoms with van der Waals surface area (Å²) in [4.78, 5) is 8.69. The van der Waals surface area contributed by atoms with Crippen LogP contribution in [0.25, 0.3) is 5.78 Å². The first-order chi connectivity index (χ1) is 6.50. The van der Waals surface area contributed by atoms with E-state index in [1.165, 1.54) is 0 Å². The van der Waals surface area contributed by atoms with Crippen molar-refractivity contribution in [3.05, 3.63) is 28.8 Å². The molecule has 2 aromatic heterocycles. The summed E-state index contributed by atoms with van der Waals surface area (Å²) in [6.07, 6.45) is 3.70. The molecule has 0 fully saturated rings. The van der Waals surface area contributed by atoms with E-state index in [0.29, 0.717) is 0 Å². The number of imidazole rings is 1. The van der Waals surface area contributed by atoms with Crippen LogP contribution in [-0.2, 0) is 5.41 Å². The lowest BCUT2D eigenvalue weighted by atomic mass is 9.93. The van der Waals surface area contributed by atoms with Gasteiger partial charge in [-0.1, -0.05) is 20.8 Å². The molecule has 0 atom stereocenters. The van der Waals surface area contributed by atoms with E-state index in [0.717, 1.165) is 16.1 Å². The molecule has 0 spiro atoms. The maximum absolute atomic E-state index is 4.49. The molecule has 0 saturated carbocycles. The van der Waals surface area contributed by atoms with Gasteiger partial charge >= 0.3 is 0 Å². The van der Waals surface area contributed by atoms with E-state index < -0.39 is 0 Å². The molecule has 14 heavy (non-hydrogen) atoms. The topological polar surface area (TPSA) is 30.2 Å². The summed E-state index contributed by atoms with van der Waals surface area (Å²) < 4.78 is 2.94. The Balaban J connectivity index is 2.75. The fraction of sp³-hybridized carbons (Fsp3) is 0.400. The van der Waals surface area contributed by atoms with Gasteiger partial charge in [0.05, 0.1) is 5.69 Å². The average Bonchev–Trinajstić information content (AvgIpc) is 2.44. The molecule has 0 aliphatic heterocycles. The first-order valence-electron chi connectivity index (χ1n) is 4.49. The zero-order valence-electron chi connectivity index (χ0n) is 8.45. The molecule has 0 aromatic carbocycles. The largest absolute Gasteiger partial charge is 0.278 e. The lowest BCUT2D eigenvalue weighted by Crippen LogP contribution is -2.12. The van der Waals surface area contributed by atoms with Crippen LogP contribution in [0.2, 0.25) is 0 Å². The van der Waals surface area contributed by atoms with Gasteiger partial charge in [-0.15, -0.1) is 0 Å². The molecular formula is C10H12BrN3. The maximum Gasteiger partial charge on any atom is 0.234 e. The van der Waals surface area contributed by atoms with E-state index in [4.69, 9.17) is 0 Å². The van der Waals surface area contributed by atoms with Gasteiger partial charge in [0.15, 0.2) is 0 Å². The van der Waals surface area contributed by atoms with Crippen molar-refractivity contribution in [2.24, 2.45) is 0 Å². The maximum atomic E-state index is 4.49. The Bertz CT molecular complexity index is 468. The fourth-order valence-corrected chi connectivity index (χ4v) is 2.30. The highest BCUT2D eigenvalue weighted by Gasteiger charge is 2.22. The monoisotopic (exact) mass is 253 g/mol. The van der Waals surface area contributed by atoms with Crippen molar-refractivity contribution in [2.75, 3.05) is 0 Å². The predicted octanol–water partition coefficient (Wildman–Crippen LogP) is 2.79. The van der Waals surface area contributed by atoms with E-state index in [-0.39, 0.29) is 5.41 Å². The molecule has 0 radical (unpaired) electrons. The lowest BCUT2D eigenvalue weighted by molar-refractivity contribution is 0.569. The zero-order valence-corrected chi connectivity index (χ0v) is 10.0. The Morgan fingerprint density at radius 1 is 1.36 bits per heavy atom. The van der Waals surface area contributed by atoms with Gasteiger partial charge in [-0.05, 0) is 22.0 Å². The third-order valence-electron chi connectivity index (χ3n) is 2.06. The minimum Gasteiger partial charge on any atom is -0.278 e. The summed E-state index contributed by atoms with van der Waals surface area (Å²) in [5.41, 5.74) is 1.07. The van der Waals surface area contributed by atoms with Crippen molar-refractivity contribution in [2.45, 2.75) is 26.2 Å². The molecule has 74 valence electrons. The van der Waals surface area contributed by atoms with Crippen LogP contribution in [-0.4, -0.2) is 14.4 Å². The molecule has 0 N–H and O–H groups in total. The minimum absolute atomic E-state index is 0.0343. The normalized spacial score (nSPS) is 12.3. The van der Waals surface area contributed by atoms with E-state index in [1.807, 2.05) is 16.7 Å². The van der Waals surface area contributed by atoms with Gasteiger partial charge < -0.3 is 0 Å². The van der Waals surface area contributed by atoms with Gasteiger partial charge in [0.1, 0.15) is 4.60 Å². The van der Waals surface area contributed by atoms with Crippen LogP contribution >= 0.6 is 15.9 Å². The third kappa shape index (κ3) is 1.43. The standard InChI is InChI=1S/C10H12BrN3/c1-10(2,3)7-8(11)14-6-4-5-12-9(14)13-7/h4-6H,1-3H3. The Labute approximate surface area is 91.3 Å². The molecule has 0 aliphatic rings. The molecule has 0 saturated heterocycles. The lowest BCUT2D eigenvalue weighted by Gasteiger charge is -2.15. The van der Waals surface area contributed by atoms with Gasteiger partial charge in [-0.25, -0.2) is 9.97 Å². The second-order valence-corrected chi connectivity index (χ2v) is 5.04. The number of nitrogens with zero attached hydrogens (tertiary/aromatic N) is 3. The van der Waals surface area contributed by atoms with Crippen LogP contribution in [0.4, 0.5) is 0 Å². The number of aromatic nitrogens is 3. The van der Waals surface area contributed by atoms with Gasteiger partial charge in [-0.3, -0.25) is 4.40 Å². The second kappa shape index (κ2) is 3.05. The molecular weight excluding hydrogens is 242 g/mol. The van der Waals surface area contributed by atoms with E-state index in [9.17, 15) is 0 Å². The third-order valence-corrected chi connectivity index (χ3v) is 2.81. The Hall–Kier alpha value is -0.900. The summed E-state index contributed by atoms with van der Waals surface area (Å²) >= 11 is 3.55. The Kier molecular flexibility index (Phi) is 2.10. The van der Waals surface area contributed by atoms with Gasteiger partial charge in [-0.2, -0.15) is 0 Å². The summed E-state index contributed by atoms with van der Waals surface area (Å²) in [5.74, 6) is 0.740. The SMILES string of the molecule is CC(C)(C)c1nc2ncccn2c1Br. The first kappa shape index (κ1) is 9.65. The number of hydrogen-bond acceptors (Lipinski definition) is 2. The highest BCUT2D eigenvalue weighted by Crippen LogP contribution is 2.29. The molecule has 0 unspecified atom stereocenters. The summed E-state index contributed by atoms with van der Waals surface area (Å²) in [5, 5.41) is 0. The smallest absolute Gasteiger partial charge is 0.234 e. The number of halogens is 1. The average molecular weight is 254 g/mol. The van der Waals surface area contributed by atoms with Gasteiger partial charge in [0, 0.05) is 17.8 Å². The minimum atomic E-state index is 0.0343. The van der Waals surface area contributed by atoms with Crippen LogP contribution < -0.4 is 0 Å². The van der Waals surface area contributed by atoms with Crippen LogP contribution in [0.15, 0.2) is 23.1 Å². The van der Waals surface area contributed by atoms with Gasteiger partial charge in [0.25, 0.3) is 0 Å². The summed E-state index contributed by atoms with van der Waals surface area (Å²) in [6, 6.07) is 1.89. The van der Waals surface area contributed by atoms with Crippen molar-refractivity contribution in [1.29, 1.82) is 0 Å². The Morgan fingerprint density at radius 3 is 2.64 bits per heavy atom. The zero-order chi connectivity index (χ0) is 10.3. The highest BCUT2D eigenvalue weighted by molar-refractivity contribution is 9.10. The quantitative estimate of drug-likeness (QED) is 0.723. The second-order valence-electron chi connectivity index (χ2n) is 4.29. The van der Waals surface area contributed by atoms with Crippen LogP contribution in [0.3, 0.4) is 0 Å². The number of hydrogen-bond donors (Lipinski definition) is 0. The summed E-state index contributed by atoms with van der Waals surface area (Å²) in [6.45, 7) is 6.42. The van der Waals surface area contributed by atoms with E-state index in [2.05, 4.69) is 46.7 Å². The van der Waals surface area contributed by atoms with E-state index >= 15 is 0 Å². The molecule has 0 bridgehead atoms. The van der Waals surface area contributed by atoms with Crippen LogP contribution in [0.1, 0.15) is 26.5 Å². The molecule has 4 heteroatoms. The van der Waals surface area contributed by atoms with Crippen molar-refractivity contribution in [3.8, 4) is 0 Å². The van der Waals surface area contributed by atoms with Crippen LogP contribution in [0, 0.1) is 0 Å². The fourth-order valence-electron chi connectivity index (χ4n) is 1.34. The molecule has 2 rings (SSSR count). The molecule has 0 amide bonds. The van der Waals surface area contributed by atoms with Crippen molar-refractivity contribution < 1.29 is 0 Å². The Morgan fingerprint density at radius 2 is 2.07 bits per heavy atom. The van der Waals surface area contributed by atoms with Crippen molar-refractivity contribution >= 4 is 21.7 Å². The van der Waals surface area contributed by atoms with Crippen molar-refractivity contribution in [1.82, 2.24) is 14.4 Å². The molecule has 3 nitrogen and oxygen atoms in total. The predicted molar refractivity (Wildman–Crippen MR) is 59.4 cm³/mol.